The van der Waals surface area contributed by atoms with Gasteiger partial charge in [0.05, 0.1) is 25.0 Å². The molecule has 12 heteroatoms. The van der Waals surface area contributed by atoms with Crippen molar-refractivity contribution in [2.24, 2.45) is 0 Å². The summed E-state index contributed by atoms with van der Waals surface area (Å²) in [5, 5.41) is 7.74. The zero-order valence-electron chi connectivity index (χ0n) is 19.0. The third-order valence-electron chi connectivity index (χ3n) is 5.78. The molecule has 1 aliphatic carbocycles. The lowest BCUT2D eigenvalue weighted by Gasteiger charge is -2.19. The molecule has 2 aromatic heterocycles. The summed E-state index contributed by atoms with van der Waals surface area (Å²) in [6.45, 7) is 3.46. The van der Waals surface area contributed by atoms with E-state index in [1.165, 1.54) is 6.07 Å². The average molecular weight is 558 g/mol. The van der Waals surface area contributed by atoms with Crippen LogP contribution >= 0.6 is 34.5 Å². The topological polar surface area (TPSA) is 93.1 Å². The van der Waals surface area contributed by atoms with Gasteiger partial charge in [-0.15, -0.1) is 11.3 Å². The molecule has 0 saturated heterocycles. The Labute approximate surface area is 217 Å². The fraction of sp³-hybridized carbons (Fsp3) is 0.304. The summed E-state index contributed by atoms with van der Waals surface area (Å²) in [5.74, 6) is -0.551. The molecule has 3 aromatic rings. The number of carbonyl (C=O) groups is 1. The van der Waals surface area contributed by atoms with Crippen molar-refractivity contribution in [2.45, 2.75) is 43.9 Å². The number of nitrogens with one attached hydrogen (secondary N) is 2. The maximum absolute atomic E-state index is 15.3. The SMILES string of the molecule is Cc1cc(S(=O)(=O)NC(=O)NC/C(F)=C2\CCCc3cnn(Cc4ccc(Cl)cc4Cl)c32)sc1C. The van der Waals surface area contributed by atoms with Crippen LogP contribution in [0.25, 0.3) is 5.57 Å². The number of amides is 2. The van der Waals surface area contributed by atoms with Crippen LogP contribution in [-0.2, 0) is 23.0 Å². The van der Waals surface area contributed by atoms with Crippen molar-refractivity contribution in [2.75, 3.05) is 6.54 Å². The molecule has 0 radical (unpaired) electrons. The second kappa shape index (κ2) is 10.3. The molecule has 4 rings (SSSR count). The van der Waals surface area contributed by atoms with Gasteiger partial charge in [-0.25, -0.2) is 22.3 Å². The van der Waals surface area contributed by atoms with Crippen molar-refractivity contribution >= 4 is 56.2 Å². The van der Waals surface area contributed by atoms with Crippen molar-refractivity contribution in [1.29, 1.82) is 0 Å². The number of aromatic nitrogens is 2. The lowest BCUT2D eigenvalue weighted by atomic mass is 9.92. The van der Waals surface area contributed by atoms with Gasteiger partial charge in [-0.2, -0.15) is 5.10 Å². The molecule has 186 valence electrons. The second-order valence-corrected chi connectivity index (χ2v) is 12.3. The van der Waals surface area contributed by atoms with Crippen LogP contribution < -0.4 is 10.0 Å². The number of nitrogens with zero attached hydrogens (tertiary/aromatic N) is 2. The minimum Gasteiger partial charge on any atom is -0.331 e. The molecule has 2 N–H and O–H groups in total. The third kappa shape index (κ3) is 5.72. The van der Waals surface area contributed by atoms with Crippen molar-refractivity contribution in [3.05, 3.63) is 73.6 Å². The van der Waals surface area contributed by atoms with Gasteiger partial charge in [0.2, 0.25) is 0 Å². The molecular formula is C23H23Cl2FN4O3S2. The Morgan fingerprint density at radius 2 is 2.00 bits per heavy atom. The highest BCUT2D eigenvalue weighted by molar-refractivity contribution is 7.92. The maximum Gasteiger partial charge on any atom is 0.329 e. The highest BCUT2D eigenvalue weighted by atomic mass is 35.5. The number of carbonyl (C=O) groups excluding carboxylic acids is 1. The summed E-state index contributed by atoms with van der Waals surface area (Å²) in [5.41, 5.74) is 3.59. The number of sulfonamides is 1. The summed E-state index contributed by atoms with van der Waals surface area (Å²) in [6, 6.07) is 5.66. The minimum atomic E-state index is -4.04. The predicted molar refractivity (Wildman–Crippen MR) is 136 cm³/mol. The smallest absolute Gasteiger partial charge is 0.329 e. The Bertz CT molecular complexity index is 1410. The van der Waals surface area contributed by atoms with Gasteiger partial charge < -0.3 is 5.32 Å². The summed E-state index contributed by atoms with van der Waals surface area (Å²) in [4.78, 5) is 13.1. The number of fused-ring (bicyclic) bond motifs is 1. The molecule has 0 saturated carbocycles. The van der Waals surface area contributed by atoms with E-state index in [1.807, 2.05) is 4.72 Å². The van der Waals surface area contributed by atoms with Gasteiger partial charge in [0.15, 0.2) is 0 Å². The molecule has 2 heterocycles. The van der Waals surface area contributed by atoms with E-state index in [0.29, 0.717) is 34.3 Å². The first kappa shape index (κ1) is 25.7. The van der Waals surface area contributed by atoms with Gasteiger partial charge in [-0.05, 0) is 68.0 Å². The van der Waals surface area contributed by atoms with Gasteiger partial charge in [0.25, 0.3) is 10.0 Å². The van der Waals surface area contributed by atoms with Crippen molar-refractivity contribution in [3.63, 3.8) is 0 Å². The van der Waals surface area contributed by atoms with E-state index in [1.54, 1.807) is 42.9 Å². The lowest BCUT2D eigenvalue weighted by molar-refractivity contribution is 0.246. The Balaban J connectivity index is 1.50. The first-order chi connectivity index (χ1) is 16.5. The number of benzene rings is 1. The Hall–Kier alpha value is -2.40. The molecule has 0 atom stereocenters. The molecule has 0 spiro atoms. The number of allylic oxidation sites excluding steroid dienone is 1. The van der Waals surface area contributed by atoms with Crippen LogP contribution in [0.1, 0.15) is 40.1 Å². The highest BCUT2D eigenvalue weighted by Gasteiger charge is 2.25. The first-order valence-corrected chi connectivity index (χ1v) is 13.8. The van der Waals surface area contributed by atoms with Gasteiger partial charge in [0, 0.05) is 20.5 Å². The van der Waals surface area contributed by atoms with Gasteiger partial charge in [-0.3, -0.25) is 4.68 Å². The Morgan fingerprint density at radius 3 is 2.69 bits per heavy atom. The van der Waals surface area contributed by atoms with Crippen LogP contribution in [-0.4, -0.2) is 30.8 Å². The van der Waals surface area contributed by atoms with Crippen LogP contribution in [0, 0.1) is 13.8 Å². The number of aryl methyl sites for hydroxylation is 3. The van der Waals surface area contributed by atoms with Gasteiger partial charge in [-0.1, -0.05) is 29.3 Å². The fourth-order valence-electron chi connectivity index (χ4n) is 3.87. The predicted octanol–water partition coefficient (Wildman–Crippen LogP) is 5.62. The van der Waals surface area contributed by atoms with E-state index in [2.05, 4.69) is 10.4 Å². The molecule has 1 aliphatic rings. The van der Waals surface area contributed by atoms with E-state index in [0.717, 1.165) is 45.7 Å². The zero-order valence-corrected chi connectivity index (χ0v) is 22.1. The van der Waals surface area contributed by atoms with E-state index in [9.17, 15) is 13.2 Å². The summed E-state index contributed by atoms with van der Waals surface area (Å²) in [7, 11) is -4.04. The Kier molecular flexibility index (Phi) is 7.56. The second-order valence-electron chi connectivity index (χ2n) is 8.24. The largest absolute Gasteiger partial charge is 0.331 e. The molecule has 0 fully saturated rings. The molecule has 2 amide bonds. The molecule has 1 aromatic carbocycles. The molecule has 35 heavy (non-hydrogen) atoms. The van der Waals surface area contributed by atoms with E-state index in [-0.39, 0.29) is 4.21 Å². The van der Waals surface area contributed by atoms with Crippen LogP contribution in [0.3, 0.4) is 0 Å². The molecule has 0 bridgehead atoms. The number of urea groups is 1. The van der Waals surface area contributed by atoms with Gasteiger partial charge in [0.1, 0.15) is 10.0 Å². The number of hydrogen-bond donors (Lipinski definition) is 2. The summed E-state index contributed by atoms with van der Waals surface area (Å²) in [6.07, 6.45) is 3.67. The van der Waals surface area contributed by atoms with Crippen molar-refractivity contribution in [3.8, 4) is 0 Å². The normalized spacial score (nSPS) is 15.0. The van der Waals surface area contributed by atoms with Crippen LogP contribution in [0.5, 0.6) is 0 Å². The maximum atomic E-state index is 15.3. The summed E-state index contributed by atoms with van der Waals surface area (Å²) < 4.78 is 43.8. The quantitative estimate of drug-likeness (QED) is 0.412. The summed E-state index contributed by atoms with van der Waals surface area (Å²) >= 11 is 13.4. The lowest BCUT2D eigenvalue weighted by Crippen LogP contribution is -2.39. The molecule has 0 aliphatic heterocycles. The van der Waals surface area contributed by atoms with Crippen LogP contribution in [0.4, 0.5) is 9.18 Å². The molecule has 7 nitrogen and oxygen atoms in total. The first-order valence-electron chi connectivity index (χ1n) is 10.8. The van der Waals surface area contributed by atoms with E-state index in [4.69, 9.17) is 23.2 Å². The molecular weight excluding hydrogens is 534 g/mol. The molecule has 0 unspecified atom stereocenters. The number of hydrogen-bond acceptors (Lipinski definition) is 5. The third-order valence-corrected chi connectivity index (χ3v) is 9.32. The average Bonchev–Trinajstić information content (AvgIpc) is 3.37. The zero-order chi connectivity index (χ0) is 25.3. The van der Waals surface area contributed by atoms with Crippen molar-refractivity contribution < 1.29 is 17.6 Å². The number of halogens is 3. The van der Waals surface area contributed by atoms with E-state index < -0.39 is 28.4 Å². The van der Waals surface area contributed by atoms with E-state index >= 15 is 4.39 Å². The minimum absolute atomic E-state index is 0.0307. The fourth-order valence-corrected chi connectivity index (χ4v) is 6.78. The number of thiophene rings is 1. The number of rotatable bonds is 6. The standard InChI is InChI=1S/C23H23Cl2FN4O3S2/c1-13-8-21(34-14(13)2)35(32,33)29-23(31)27-11-20(26)18-5-3-4-15-10-28-30(22(15)18)12-16-6-7-17(24)9-19(16)25/h6-10H,3-5,11-12H2,1-2H3,(H2,27,29,31)/b20-18-. The Morgan fingerprint density at radius 1 is 1.23 bits per heavy atom. The highest BCUT2D eigenvalue weighted by Crippen LogP contribution is 2.34. The van der Waals surface area contributed by atoms with Gasteiger partial charge >= 0.3 is 6.03 Å². The monoisotopic (exact) mass is 556 g/mol. The van der Waals surface area contributed by atoms with Crippen molar-refractivity contribution in [1.82, 2.24) is 19.8 Å². The van der Waals surface area contributed by atoms with Crippen LogP contribution in [0.15, 0.2) is 40.5 Å². The van der Waals surface area contributed by atoms with Crippen LogP contribution in [0.2, 0.25) is 10.0 Å².